The summed E-state index contributed by atoms with van der Waals surface area (Å²) in [5, 5.41) is 2.82. The normalized spacial score (nSPS) is 14.4. The molecule has 0 aliphatic carbocycles. The van der Waals surface area contributed by atoms with Crippen molar-refractivity contribution in [2.45, 2.75) is 20.4 Å². The second-order valence-electron chi connectivity index (χ2n) is 6.14. The summed E-state index contributed by atoms with van der Waals surface area (Å²) in [5.41, 5.74) is 2.23. The molecule has 1 saturated heterocycles. The van der Waals surface area contributed by atoms with Crippen LogP contribution < -0.4 is 15.8 Å². The molecule has 132 valence electrons. The molecule has 0 atom stereocenters. The fraction of sp³-hybridized carbons (Fsp3) is 0.389. The van der Waals surface area contributed by atoms with E-state index in [-0.39, 0.29) is 18.0 Å². The van der Waals surface area contributed by atoms with Crippen LogP contribution in [0.5, 0.6) is 0 Å². The van der Waals surface area contributed by atoms with Crippen LogP contribution in [0.4, 0.5) is 11.6 Å². The molecule has 1 amide bonds. The van der Waals surface area contributed by atoms with Crippen molar-refractivity contribution in [1.29, 1.82) is 0 Å². The van der Waals surface area contributed by atoms with E-state index in [0.29, 0.717) is 43.6 Å². The molecular weight excluding hydrogens is 320 g/mol. The Morgan fingerprint density at radius 3 is 2.56 bits per heavy atom. The van der Waals surface area contributed by atoms with Crippen LogP contribution in [-0.4, -0.2) is 41.8 Å². The Labute approximate surface area is 146 Å². The number of hydrogen-bond acceptors (Lipinski definition) is 5. The molecule has 1 aromatic carbocycles. The van der Waals surface area contributed by atoms with Gasteiger partial charge in [0.15, 0.2) is 0 Å². The first kappa shape index (κ1) is 17.2. The van der Waals surface area contributed by atoms with E-state index in [1.165, 1.54) is 10.6 Å². The van der Waals surface area contributed by atoms with Crippen molar-refractivity contribution in [3.8, 4) is 0 Å². The lowest BCUT2D eigenvalue weighted by molar-refractivity contribution is -0.116. The molecule has 0 spiro atoms. The highest BCUT2D eigenvalue weighted by Gasteiger charge is 2.19. The van der Waals surface area contributed by atoms with Crippen LogP contribution >= 0.6 is 0 Å². The SMILES string of the molecule is Cc1ccc(NC(=O)Cn2c(N3CCOCC3)nc(C)cc2=O)cc1. The molecule has 1 aliphatic rings. The smallest absolute Gasteiger partial charge is 0.255 e. The van der Waals surface area contributed by atoms with E-state index in [1.807, 2.05) is 36.1 Å². The van der Waals surface area contributed by atoms with Crippen molar-refractivity contribution in [3.05, 3.63) is 51.9 Å². The number of anilines is 2. The molecule has 2 aromatic rings. The lowest BCUT2D eigenvalue weighted by Gasteiger charge is -2.29. The molecule has 1 N–H and O–H groups in total. The predicted molar refractivity (Wildman–Crippen MR) is 96.1 cm³/mol. The predicted octanol–water partition coefficient (Wildman–Crippen LogP) is 1.34. The lowest BCUT2D eigenvalue weighted by atomic mass is 10.2. The number of nitrogens with zero attached hydrogens (tertiary/aromatic N) is 3. The third-order valence-corrected chi connectivity index (χ3v) is 4.05. The summed E-state index contributed by atoms with van der Waals surface area (Å²) in [6.45, 7) is 6.15. The fourth-order valence-electron chi connectivity index (χ4n) is 2.74. The van der Waals surface area contributed by atoms with Gasteiger partial charge in [0.05, 0.1) is 13.2 Å². The molecule has 0 unspecified atom stereocenters. The van der Waals surface area contributed by atoms with Gasteiger partial charge in [-0.1, -0.05) is 17.7 Å². The highest BCUT2D eigenvalue weighted by molar-refractivity contribution is 5.90. The van der Waals surface area contributed by atoms with Gasteiger partial charge < -0.3 is 15.0 Å². The first-order chi connectivity index (χ1) is 12.0. The molecule has 1 fully saturated rings. The molecule has 7 nitrogen and oxygen atoms in total. The number of morpholine rings is 1. The lowest BCUT2D eigenvalue weighted by Crippen LogP contribution is -2.41. The van der Waals surface area contributed by atoms with Crippen LogP contribution in [0.1, 0.15) is 11.3 Å². The number of nitrogens with one attached hydrogen (secondary N) is 1. The van der Waals surface area contributed by atoms with Crippen molar-refractivity contribution in [1.82, 2.24) is 9.55 Å². The zero-order valence-electron chi connectivity index (χ0n) is 14.5. The van der Waals surface area contributed by atoms with Crippen LogP contribution in [-0.2, 0) is 16.1 Å². The van der Waals surface area contributed by atoms with E-state index >= 15 is 0 Å². The van der Waals surface area contributed by atoms with Gasteiger partial charge in [0.2, 0.25) is 11.9 Å². The average Bonchev–Trinajstić information content (AvgIpc) is 2.60. The van der Waals surface area contributed by atoms with Gasteiger partial charge in [-0.25, -0.2) is 4.98 Å². The van der Waals surface area contributed by atoms with Crippen molar-refractivity contribution in [2.24, 2.45) is 0 Å². The maximum absolute atomic E-state index is 12.4. The summed E-state index contributed by atoms with van der Waals surface area (Å²) in [5.74, 6) is 0.262. The fourth-order valence-corrected chi connectivity index (χ4v) is 2.74. The van der Waals surface area contributed by atoms with Crippen LogP contribution in [0.25, 0.3) is 0 Å². The highest BCUT2D eigenvalue weighted by Crippen LogP contribution is 2.13. The number of rotatable bonds is 4. The molecule has 1 aliphatic heterocycles. The monoisotopic (exact) mass is 342 g/mol. The average molecular weight is 342 g/mol. The minimum atomic E-state index is -0.258. The molecule has 2 heterocycles. The van der Waals surface area contributed by atoms with Gasteiger partial charge in [0.1, 0.15) is 6.54 Å². The molecule has 25 heavy (non-hydrogen) atoms. The molecule has 7 heteroatoms. The molecule has 0 bridgehead atoms. The van der Waals surface area contributed by atoms with E-state index < -0.39 is 0 Å². The van der Waals surface area contributed by atoms with Gasteiger partial charge in [0.25, 0.3) is 5.56 Å². The number of aryl methyl sites for hydroxylation is 2. The summed E-state index contributed by atoms with van der Waals surface area (Å²) < 4.78 is 6.77. The van der Waals surface area contributed by atoms with E-state index in [2.05, 4.69) is 10.3 Å². The van der Waals surface area contributed by atoms with Gasteiger partial charge in [-0.2, -0.15) is 0 Å². The summed E-state index contributed by atoms with van der Waals surface area (Å²) in [4.78, 5) is 31.3. The summed E-state index contributed by atoms with van der Waals surface area (Å²) in [6, 6.07) is 8.98. The highest BCUT2D eigenvalue weighted by atomic mass is 16.5. The molecular formula is C18H22N4O3. The second kappa shape index (κ2) is 7.48. The minimum absolute atomic E-state index is 0.0767. The van der Waals surface area contributed by atoms with Crippen LogP contribution in [0, 0.1) is 13.8 Å². The Morgan fingerprint density at radius 2 is 1.88 bits per heavy atom. The molecule has 3 rings (SSSR count). The maximum Gasteiger partial charge on any atom is 0.255 e. The Bertz CT molecular complexity index is 808. The number of carbonyl (C=O) groups is 1. The maximum atomic E-state index is 12.4. The van der Waals surface area contributed by atoms with E-state index in [0.717, 1.165) is 5.56 Å². The van der Waals surface area contributed by atoms with Crippen molar-refractivity contribution in [2.75, 3.05) is 36.5 Å². The van der Waals surface area contributed by atoms with Crippen molar-refractivity contribution < 1.29 is 9.53 Å². The number of carbonyl (C=O) groups excluding carboxylic acids is 1. The largest absolute Gasteiger partial charge is 0.378 e. The standard InChI is InChI=1S/C18H22N4O3/c1-13-3-5-15(6-4-13)20-16(23)12-22-17(24)11-14(2)19-18(22)21-7-9-25-10-8-21/h3-6,11H,7-10,12H2,1-2H3,(H,20,23). The first-order valence-electron chi connectivity index (χ1n) is 8.30. The van der Waals surface area contributed by atoms with Gasteiger partial charge in [0, 0.05) is 30.5 Å². The molecule has 1 aromatic heterocycles. The second-order valence-corrected chi connectivity index (χ2v) is 6.14. The third-order valence-electron chi connectivity index (χ3n) is 4.05. The zero-order valence-corrected chi connectivity index (χ0v) is 14.5. The van der Waals surface area contributed by atoms with Crippen molar-refractivity contribution >= 4 is 17.5 Å². The van der Waals surface area contributed by atoms with E-state index in [1.54, 1.807) is 6.92 Å². The van der Waals surface area contributed by atoms with Crippen LogP contribution in [0.2, 0.25) is 0 Å². The zero-order chi connectivity index (χ0) is 17.8. The summed E-state index contributed by atoms with van der Waals surface area (Å²) in [6.07, 6.45) is 0. The Morgan fingerprint density at radius 1 is 1.20 bits per heavy atom. The van der Waals surface area contributed by atoms with Gasteiger partial charge in [-0.05, 0) is 26.0 Å². The summed E-state index contributed by atoms with van der Waals surface area (Å²) >= 11 is 0. The van der Waals surface area contributed by atoms with Gasteiger partial charge in [-0.15, -0.1) is 0 Å². The number of amides is 1. The Balaban J connectivity index is 1.82. The topological polar surface area (TPSA) is 76.5 Å². The number of benzene rings is 1. The van der Waals surface area contributed by atoms with Gasteiger partial charge in [-0.3, -0.25) is 14.2 Å². The third kappa shape index (κ3) is 4.24. The number of hydrogen-bond donors (Lipinski definition) is 1. The molecule has 0 radical (unpaired) electrons. The summed E-state index contributed by atoms with van der Waals surface area (Å²) in [7, 11) is 0. The minimum Gasteiger partial charge on any atom is -0.378 e. The molecule has 0 saturated carbocycles. The Kier molecular flexibility index (Phi) is 5.14. The van der Waals surface area contributed by atoms with Crippen LogP contribution in [0.3, 0.4) is 0 Å². The number of ether oxygens (including phenoxy) is 1. The number of aromatic nitrogens is 2. The Hall–Kier alpha value is -2.67. The first-order valence-corrected chi connectivity index (χ1v) is 8.30. The van der Waals surface area contributed by atoms with E-state index in [4.69, 9.17) is 4.74 Å². The quantitative estimate of drug-likeness (QED) is 0.907. The van der Waals surface area contributed by atoms with Crippen LogP contribution in [0.15, 0.2) is 35.1 Å². The van der Waals surface area contributed by atoms with Gasteiger partial charge >= 0.3 is 0 Å². The van der Waals surface area contributed by atoms with E-state index in [9.17, 15) is 9.59 Å². The van der Waals surface area contributed by atoms with Crippen molar-refractivity contribution in [3.63, 3.8) is 0 Å².